The quantitative estimate of drug-likeness (QED) is 0.428. The molecule has 0 aliphatic heterocycles. The zero-order valence-electron chi connectivity index (χ0n) is 15.7. The number of hydrogen-bond donors (Lipinski definition) is 3. The highest BCUT2D eigenvalue weighted by Gasteiger charge is 2.21. The molecule has 0 saturated heterocycles. The van der Waals surface area contributed by atoms with Crippen molar-refractivity contribution < 1.29 is 23.9 Å². The number of pyridine rings is 1. The van der Waals surface area contributed by atoms with Crippen LogP contribution in [0.2, 0.25) is 0 Å². The van der Waals surface area contributed by atoms with Crippen LogP contribution in [-0.2, 0) is 19.1 Å². The van der Waals surface area contributed by atoms with Gasteiger partial charge in [-0.15, -0.1) is 0 Å². The van der Waals surface area contributed by atoms with Gasteiger partial charge in [0.2, 0.25) is 11.8 Å². The summed E-state index contributed by atoms with van der Waals surface area (Å²) >= 11 is 0. The van der Waals surface area contributed by atoms with Crippen LogP contribution in [0.25, 0.3) is 0 Å². The van der Waals surface area contributed by atoms with Crippen LogP contribution >= 0.6 is 0 Å². The minimum absolute atomic E-state index is 0.126. The molecule has 0 unspecified atom stereocenters. The Bertz CT molecular complexity index is 689. The highest BCUT2D eigenvalue weighted by atomic mass is 16.6. The Morgan fingerprint density at radius 3 is 2.57 bits per heavy atom. The van der Waals surface area contributed by atoms with E-state index in [4.69, 9.17) is 5.73 Å². The molecular formula is C19H26N4O5. The Morgan fingerprint density at radius 2 is 1.89 bits per heavy atom. The molecule has 0 aromatic carbocycles. The zero-order valence-corrected chi connectivity index (χ0v) is 15.7. The molecule has 0 bridgehead atoms. The van der Waals surface area contributed by atoms with Gasteiger partial charge in [0.1, 0.15) is 6.54 Å². The number of carbonyl (C=O) groups excluding carboxylic acids is 4. The summed E-state index contributed by atoms with van der Waals surface area (Å²) in [4.78, 5) is 50.8. The van der Waals surface area contributed by atoms with Gasteiger partial charge in [0, 0.05) is 12.4 Å². The van der Waals surface area contributed by atoms with Crippen LogP contribution in [0.15, 0.2) is 24.5 Å². The van der Waals surface area contributed by atoms with E-state index in [-0.39, 0.29) is 12.1 Å². The topological polar surface area (TPSA) is 140 Å². The summed E-state index contributed by atoms with van der Waals surface area (Å²) in [6.45, 7) is -0.796. The third-order valence-electron chi connectivity index (χ3n) is 4.61. The van der Waals surface area contributed by atoms with E-state index in [9.17, 15) is 19.2 Å². The summed E-state index contributed by atoms with van der Waals surface area (Å²) in [6.07, 6.45) is 9.09. The number of carbonyl (C=O) groups is 4. The lowest BCUT2D eigenvalue weighted by Crippen LogP contribution is -2.46. The van der Waals surface area contributed by atoms with E-state index >= 15 is 0 Å². The standard InChI is InChI=1S/C19H26N4O5/c20-15(9-13-5-2-1-3-6-13)18(26)23-11-16(24)22-12-17(25)28-19(27)14-7-4-8-21-10-14/h4,7-8,10,13,15H,1-3,5-6,9,11-12,20H2,(H,22,24)(H,23,26)/t15-/m0/s1. The number of aromatic nitrogens is 1. The van der Waals surface area contributed by atoms with Crippen molar-refractivity contribution in [2.45, 2.75) is 44.6 Å². The van der Waals surface area contributed by atoms with Crippen molar-refractivity contribution in [3.05, 3.63) is 30.1 Å². The van der Waals surface area contributed by atoms with Gasteiger partial charge < -0.3 is 21.1 Å². The molecule has 1 fully saturated rings. The van der Waals surface area contributed by atoms with E-state index < -0.39 is 36.3 Å². The highest BCUT2D eigenvalue weighted by Crippen LogP contribution is 2.26. The van der Waals surface area contributed by atoms with Crippen molar-refractivity contribution in [1.82, 2.24) is 15.6 Å². The van der Waals surface area contributed by atoms with Gasteiger partial charge in [-0.25, -0.2) is 9.59 Å². The second-order valence-electron chi connectivity index (χ2n) is 6.84. The van der Waals surface area contributed by atoms with E-state index in [1.54, 1.807) is 0 Å². The van der Waals surface area contributed by atoms with Crippen LogP contribution in [0.4, 0.5) is 0 Å². The van der Waals surface area contributed by atoms with Crippen LogP contribution in [0.5, 0.6) is 0 Å². The van der Waals surface area contributed by atoms with Crippen LogP contribution in [-0.4, -0.2) is 47.9 Å². The fraction of sp³-hybridized carbons (Fsp3) is 0.526. The molecule has 2 rings (SSSR count). The lowest BCUT2D eigenvalue weighted by Gasteiger charge is -2.24. The minimum atomic E-state index is -0.914. The summed E-state index contributed by atoms with van der Waals surface area (Å²) in [6, 6.07) is 2.33. The fourth-order valence-corrected chi connectivity index (χ4v) is 3.10. The number of nitrogens with two attached hydrogens (primary N) is 1. The van der Waals surface area contributed by atoms with Gasteiger partial charge in [-0.1, -0.05) is 32.1 Å². The van der Waals surface area contributed by atoms with Crippen LogP contribution in [0.1, 0.15) is 48.9 Å². The molecule has 9 heteroatoms. The van der Waals surface area contributed by atoms with Crippen molar-refractivity contribution >= 4 is 23.8 Å². The monoisotopic (exact) mass is 390 g/mol. The molecular weight excluding hydrogens is 364 g/mol. The Kier molecular flexibility index (Phi) is 8.54. The molecule has 1 saturated carbocycles. The van der Waals surface area contributed by atoms with E-state index in [1.165, 1.54) is 43.8 Å². The molecule has 2 amide bonds. The lowest BCUT2D eigenvalue weighted by atomic mass is 9.85. The van der Waals surface area contributed by atoms with Crippen LogP contribution in [0.3, 0.4) is 0 Å². The summed E-state index contributed by atoms with van der Waals surface area (Å²) in [5.74, 6) is -2.29. The molecule has 1 aromatic rings. The molecule has 152 valence electrons. The van der Waals surface area contributed by atoms with Gasteiger partial charge in [-0.3, -0.25) is 14.6 Å². The second-order valence-corrected chi connectivity index (χ2v) is 6.84. The van der Waals surface area contributed by atoms with Crippen LogP contribution in [0, 0.1) is 5.92 Å². The molecule has 9 nitrogen and oxygen atoms in total. The third kappa shape index (κ3) is 7.43. The van der Waals surface area contributed by atoms with Gasteiger partial charge >= 0.3 is 11.9 Å². The number of nitrogens with one attached hydrogen (secondary N) is 2. The van der Waals surface area contributed by atoms with E-state index in [0.717, 1.165) is 12.8 Å². The second kappa shape index (κ2) is 11.1. The Morgan fingerprint density at radius 1 is 1.14 bits per heavy atom. The highest BCUT2D eigenvalue weighted by molar-refractivity contribution is 5.97. The van der Waals surface area contributed by atoms with Gasteiger partial charge in [0.25, 0.3) is 0 Å². The number of esters is 2. The number of rotatable bonds is 8. The summed E-state index contributed by atoms with van der Waals surface area (Å²) in [7, 11) is 0. The molecule has 0 radical (unpaired) electrons. The van der Waals surface area contributed by atoms with Gasteiger partial charge in [0.15, 0.2) is 0 Å². The first-order valence-corrected chi connectivity index (χ1v) is 9.40. The Labute approximate surface area is 163 Å². The predicted octanol–water partition coefficient (Wildman–Crippen LogP) is 0.295. The summed E-state index contributed by atoms with van der Waals surface area (Å²) in [5, 5.41) is 4.74. The van der Waals surface area contributed by atoms with Gasteiger partial charge in [-0.05, 0) is 24.5 Å². The van der Waals surface area contributed by atoms with E-state index in [1.807, 2.05) is 0 Å². The maximum atomic E-state index is 12.0. The molecule has 1 aromatic heterocycles. The molecule has 1 atom stereocenters. The molecule has 28 heavy (non-hydrogen) atoms. The van der Waals surface area contributed by atoms with Crippen molar-refractivity contribution in [2.24, 2.45) is 11.7 Å². The lowest BCUT2D eigenvalue weighted by molar-refractivity contribution is -0.138. The van der Waals surface area contributed by atoms with Crippen molar-refractivity contribution in [3.8, 4) is 0 Å². The van der Waals surface area contributed by atoms with Gasteiger partial charge in [0.05, 0.1) is 18.2 Å². The SMILES string of the molecule is N[C@@H](CC1CCCCC1)C(=O)NCC(=O)NCC(=O)OC(=O)c1cccnc1. The first kappa shape index (κ1) is 21.5. The summed E-state index contributed by atoms with van der Waals surface area (Å²) < 4.78 is 4.60. The zero-order chi connectivity index (χ0) is 20.4. The average Bonchev–Trinajstić information content (AvgIpc) is 2.71. The maximum Gasteiger partial charge on any atom is 0.347 e. The molecule has 1 aliphatic rings. The number of nitrogens with zero attached hydrogens (tertiary/aromatic N) is 1. The van der Waals surface area contributed by atoms with Crippen molar-refractivity contribution in [3.63, 3.8) is 0 Å². The number of hydrogen-bond acceptors (Lipinski definition) is 7. The van der Waals surface area contributed by atoms with E-state index in [2.05, 4.69) is 20.4 Å². The van der Waals surface area contributed by atoms with Crippen LogP contribution < -0.4 is 16.4 Å². The van der Waals surface area contributed by atoms with Gasteiger partial charge in [-0.2, -0.15) is 0 Å². The summed E-state index contributed by atoms with van der Waals surface area (Å²) in [5.41, 5.74) is 6.03. The first-order valence-electron chi connectivity index (χ1n) is 9.40. The van der Waals surface area contributed by atoms with Crippen molar-refractivity contribution in [1.29, 1.82) is 0 Å². The maximum absolute atomic E-state index is 12.0. The normalized spacial score (nSPS) is 15.3. The molecule has 4 N–H and O–H groups in total. The Hall–Kier alpha value is -2.81. The smallest absolute Gasteiger partial charge is 0.347 e. The fourth-order valence-electron chi connectivity index (χ4n) is 3.10. The molecule has 0 spiro atoms. The Balaban J connectivity index is 1.62. The minimum Gasteiger partial charge on any atom is -0.388 e. The van der Waals surface area contributed by atoms with E-state index in [0.29, 0.717) is 12.3 Å². The molecule has 1 aliphatic carbocycles. The molecule has 1 heterocycles. The number of amides is 2. The number of ether oxygens (including phenoxy) is 1. The van der Waals surface area contributed by atoms with Crippen molar-refractivity contribution in [2.75, 3.05) is 13.1 Å². The largest absolute Gasteiger partial charge is 0.388 e. The first-order chi connectivity index (χ1) is 13.5. The average molecular weight is 390 g/mol. The third-order valence-corrected chi connectivity index (χ3v) is 4.61. The predicted molar refractivity (Wildman–Crippen MR) is 99.8 cm³/mol.